The van der Waals surface area contributed by atoms with Gasteiger partial charge in [-0.2, -0.15) is 0 Å². The summed E-state index contributed by atoms with van der Waals surface area (Å²) in [7, 11) is 0. The molecule has 1 aromatic carbocycles. The molecule has 0 aliphatic heterocycles. The van der Waals surface area contributed by atoms with E-state index >= 15 is 0 Å². The third kappa shape index (κ3) is 2.88. The van der Waals surface area contributed by atoms with Crippen molar-refractivity contribution in [1.82, 2.24) is 0 Å². The van der Waals surface area contributed by atoms with Crippen molar-refractivity contribution in [3.63, 3.8) is 0 Å². The molecule has 0 spiro atoms. The molecule has 0 unspecified atom stereocenters. The van der Waals surface area contributed by atoms with Gasteiger partial charge in [0, 0.05) is 16.4 Å². The molecule has 0 saturated heterocycles. The zero-order valence-corrected chi connectivity index (χ0v) is 7.12. The molecule has 3 nitrogen and oxygen atoms in total. The number of halogens is 1. The fourth-order valence-electron chi connectivity index (χ4n) is 0.913. The van der Waals surface area contributed by atoms with Crippen molar-refractivity contribution in [2.24, 2.45) is 0 Å². The Kier molecular flexibility index (Phi) is 3.05. The Hall–Kier alpha value is -1.09. The third-order valence-corrected chi connectivity index (χ3v) is 1.71. The quantitative estimate of drug-likeness (QED) is 0.535. The molecule has 1 aromatic rings. The molecule has 4 heteroatoms. The van der Waals surface area contributed by atoms with E-state index in [0.29, 0.717) is 11.4 Å². The first kappa shape index (κ1) is 9.00. The van der Waals surface area contributed by atoms with Gasteiger partial charge >= 0.3 is 0 Å². The molecule has 0 N–H and O–H groups in total. The first-order valence-corrected chi connectivity index (χ1v) is 3.92. The second-order valence-electron chi connectivity index (χ2n) is 2.44. The van der Waals surface area contributed by atoms with Gasteiger partial charge in [0.05, 0.1) is 0 Å². The van der Waals surface area contributed by atoms with Gasteiger partial charge in [-0.15, -0.1) is 0 Å². The predicted octanol–water partition coefficient (Wildman–Crippen LogP) is 2.16. The van der Waals surface area contributed by atoms with Crippen LogP contribution in [0, 0.1) is 10.1 Å². The Labute approximate surface area is 75.1 Å². The molecule has 12 heavy (non-hydrogen) atoms. The number of hydrogen-bond acceptors (Lipinski definition) is 2. The molecular weight excluding hydrogens is 178 g/mol. The van der Waals surface area contributed by atoms with Crippen LogP contribution in [0.1, 0.15) is 5.56 Å². The van der Waals surface area contributed by atoms with E-state index in [1.54, 1.807) is 18.2 Å². The topological polar surface area (TPSA) is 43.1 Å². The summed E-state index contributed by atoms with van der Waals surface area (Å²) in [6, 6.07) is 7.11. The fraction of sp³-hybridized carbons (Fsp3) is 0.250. The number of benzene rings is 1. The van der Waals surface area contributed by atoms with Gasteiger partial charge in [-0.25, -0.2) is 0 Å². The Morgan fingerprint density at radius 2 is 2.25 bits per heavy atom. The van der Waals surface area contributed by atoms with Crippen LogP contribution in [0.4, 0.5) is 0 Å². The van der Waals surface area contributed by atoms with E-state index < -0.39 is 0 Å². The first-order valence-electron chi connectivity index (χ1n) is 3.55. The lowest BCUT2D eigenvalue weighted by molar-refractivity contribution is -0.479. The second kappa shape index (κ2) is 4.07. The van der Waals surface area contributed by atoms with Crippen molar-refractivity contribution in [3.05, 3.63) is 45.0 Å². The minimum atomic E-state index is -0.332. The summed E-state index contributed by atoms with van der Waals surface area (Å²) in [5.74, 6) is 0. The van der Waals surface area contributed by atoms with E-state index in [1.807, 2.05) is 6.07 Å². The lowest BCUT2D eigenvalue weighted by Crippen LogP contribution is -2.03. The number of rotatable bonds is 3. The SMILES string of the molecule is O=[N+]([O-])CCc1cccc(Cl)c1. The summed E-state index contributed by atoms with van der Waals surface area (Å²) >= 11 is 5.69. The average Bonchev–Trinajstić information content (AvgIpc) is 2.01. The number of hydrogen-bond donors (Lipinski definition) is 0. The monoisotopic (exact) mass is 185 g/mol. The van der Waals surface area contributed by atoms with Crippen molar-refractivity contribution < 1.29 is 4.92 Å². The molecule has 0 amide bonds. The zero-order chi connectivity index (χ0) is 8.97. The molecule has 64 valence electrons. The van der Waals surface area contributed by atoms with E-state index in [-0.39, 0.29) is 11.5 Å². The maximum absolute atomic E-state index is 10.0. The number of nitrogens with zero attached hydrogens (tertiary/aromatic N) is 1. The third-order valence-electron chi connectivity index (χ3n) is 1.47. The normalized spacial score (nSPS) is 9.75. The lowest BCUT2D eigenvalue weighted by Gasteiger charge is -1.96. The van der Waals surface area contributed by atoms with Crippen LogP contribution in [0.15, 0.2) is 24.3 Å². The van der Waals surface area contributed by atoms with Crippen LogP contribution in [-0.4, -0.2) is 11.5 Å². The predicted molar refractivity (Wildman–Crippen MR) is 47.0 cm³/mol. The molecule has 1 rings (SSSR count). The van der Waals surface area contributed by atoms with Gasteiger partial charge in [-0.05, 0) is 17.7 Å². The van der Waals surface area contributed by atoms with Crippen LogP contribution in [-0.2, 0) is 6.42 Å². The minimum Gasteiger partial charge on any atom is -0.265 e. The lowest BCUT2D eigenvalue weighted by atomic mass is 10.2. The van der Waals surface area contributed by atoms with Gasteiger partial charge < -0.3 is 0 Å². The molecule has 0 atom stereocenters. The summed E-state index contributed by atoms with van der Waals surface area (Å²) < 4.78 is 0. The van der Waals surface area contributed by atoms with Crippen molar-refractivity contribution in [2.45, 2.75) is 6.42 Å². The van der Waals surface area contributed by atoms with Crippen LogP contribution in [0.25, 0.3) is 0 Å². The zero-order valence-electron chi connectivity index (χ0n) is 6.37. The summed E-state index contributed by atoms with van der Waals surface area (Å²) in [6.07, 6.45) is 0.438. The van der Waals surface area contributed by atoms with Crippen molar-refractivity contribution in [1.29, 1.82) is 0 Å². The second-order valence-corrected chi connectivity index (χ2v) is 2.87. The van der Waals surface area contributed by atoms with E-state index in [1.165, 1.54) is 0 Å². The number of nitro groups is 1. The summed E-state index contributed by atoms with van der Waals surface area (Å²) in [6.45, 7) is -0.0413. The van der Waals surface area contributed by atoms with Crippen LogP contribution in [0.3, 0.4) is 0 Å². The largest absolute Gasteiger partial charge is 0.265 e. The molecule has 0 aliphatic rings. The van der Waals surface area contributed by atoms with Crippen LogP contribution < -0.4 is 0 Å². The van der Waals surface area contributed by atoms with E-state index in [0.717, 1.165) is 5.56 Å². The highest BCUT2D eigenvalue weighted by molar-refractivity contribution is 6.30. The standard InChI is InChI=1S/C8H8ClNO2/c9-8-3-1-2-7(6-8)4-5-10(11)12/h1-3,6H,4-5H2. The summed E-state index contributed by atoms with van der Waals surface area (Å²) in [5.41, 5.74) is 0.902. The average molecular weight is 186 g/mol. The van der Waals surface area contributed by atoms with Gasteiger partial charge in [0.1, 0.15) is 0 Å². The Bertz CT molecular complexity index is 288. The van der Waals surface area contributed by atoms with Crippen molar-refractivity contribution >= 4 is 11.6 Å². The van der Waals surface area contributed by atoms with E-state index in [4.69, 9.17) is 11.6 Å². The van der Waals surface area contributed by atoms with Gasteiger partial charge in [-0.3, -0.25) is 10.1 Å². The highest BCUT2D eigenvalue weighted by Crippen LogP contribution is 2.10. The Balaban J connectivity index is 2.57. The highest BCUT2D eigenvalue weighted by Gasteiger charge is 1.99. The van der Waals surface area contributed by atoms with Crippen LogP contribution >= 0.6 is 11.6 Å². The maximum atomic E-state index is 10.0. The fourth-order valence-corrected chi connectivity index (χ4v) is 1.13. The van der Waals surface area contributed by atoms with Gasteiger partial charge in [0.15, 0.2) is 0 Å². The minimum absolute atomic E-state index is 0.0413. The molecule has 0 bridgehead atoms. The summed E-state index contributed by atoms with van der Waals surface area (Å²) in [4.78, 5) is 9.70. The van der Waals surface area contributed by atoms with Gasteiger partial charge in [0.25, 0.3) is 0 Å². The smallest absolute Gasteiger partial charge is 0.207 e. The molecule has 0 saturated carbocycles. The molecule has 0 radical (unpaired) electrons. The van der Waals surface area contributed by atoms with Gasteiger partial charge in [0.2, 0.25) is 6.54 Å². The molecule has 0 aliphatic carbocycles. The van der Waals surface area contributed by atoms with E-state index in [2.05, 4.69) is 0 Å². The Morgan fingerprint density at radius 1 is 1.50 bits per heavy atom. The molecular formula is C8H8ClNO2. The highest BCUT2D eigenvalue weighted by atomic mass is 35.5. The maximum Gasteiger partial charge on any atom is 0.207 e. The molecule has 0 heterocycles. The molecule has 0 aromatic heterocycles. The first-order chi connectivity index (χ1) is 5.68. The van der Waals surface area contributed by atoms with Crippen molar-refractivity contribution in [2.75, 3.05) is 6.54 Å². The molecule has 0 fully saturated rings. The van der Waals surface area contributed by atoms with Crippen LogP contribution in [0.2, 0.25) is 5.02 Å². The van der Waals surface area contributed by atoms with Crippen LogP contribution in [0.5, 0.6) is 0 Å². The van der Waals surface area contributed by atoms with Crippen molar-refractivity contribution in [3.8, 4) is 0 Å². The summed E-state index contributed by atoms with van der Waals surface area (Å²) in [5, 5.41) is 10.7. The van der Waals surface area contributed by atoms with Gasteiger partial charge in [-0.1, -0.05) is 23.7 Å². The Morgan fingerprint density at radius 3 is 2.83 bits per heavy atom. The van der Waals surface area contributed by atoms with E-state index in [9.17, 15) is 10.1 Å².